The highest BCUT2D eigenvalue weighted by Crippen LogP contribution is 2.12. The first-order valence-corrected chi connectivity index (χ1v) is 10.8. The summed E-state index contributed by atoms with van der Waals surface area (Å²) in [4.78, 5) is 11.8. The smallest absolute Gasteiger partial charge is 0.338 e. The van der Waals surface area contributed by atoms with Crippen LogP contribution in [0, 0.1) is 0 Å². The lowest BCUT2D eigenvalue weighted by molar-refractivity contribution is 0.0497. The molecule has 0 aliphatic rings. The largest absolute Gasteiger partial charge is 0.462 e. The zero-order chi connectivity index (χ0) is 18.5. The van der Waals surface area contributed by atoms with E-state index >= 15 is 0 Å². The summed E-state index contributed by atoms with van der Waals surface area (Å²) in [5, 5.41) is 5.06. The molecule has 0 aromatic heterocycles. The molecule has 0 radical (unpaired) electrons. The van der Waals surface area contributed by atoms with E-state index < -0.39 is 16.0 Å². The molecule has 0 heterocycles. The number of rotatable bonds is 13. The van der Waals surface area contributed by atoms with Crippen molar-refractivity contribution in [3.8, 4) is 0 Å². The molecule has 25 heavy (non-hydrogen) atoms. The van der Waals surface area contributed by atoms with E-state index in [0.717, 1.165) is 19.3 Å². The Morgan fingerprint density at radius 2 is 1.52 bits per heavy atom. The van der Waals surface area contributed by atoms with Crippen molar-refractivity contribution in [1.82, 2.24) is 0 Å². The molecule has 2 N–H and O–H groups in total. The first kappa shape index (κ1) is 21.6. The lowest BCUT2D eigenvalue weighted by atomic mass is 10.1. The van der Waals surface area contributed by atoms with Crippen LogP contribution in [0.3, 0.4) is 0 Å². The quantitative estimate of drug-likeness (QED) is 0.412. The number of carbonyl (C=O) groups excluding carboxylic acids is 1. The van der Waals surface area contributed by atoms with E-state index in [0.29, 0.717) is 6.61 Å². The van der Waals surface area contributed by atoms with E-state index in [4.69, 9.17) is 9.88 Å². The Labute approximate surface area is 152 Å². The van der Waals surface area contributed by atoms with Crippen molar-refractivity contribution in [2.45, 2.75) is 76.0 Å². The van der Waals surface area contributed by atoms with Gasteiger partial charge in [-0.25, -0.2) is 18.4 Å². The number of primary sulfonamides is 1. The minimum Gasteiger partial charge on any atom is -0.462 e. The van der Waals surface area contributed by atoms with Crippen LogP contribution in [-0.2, 0) is 14.8 Å². The first-order chi connectivity index (χ1) is 11.9. The summed E-state index contributed by atoms with van der Waals surface area (Å²) < 4.78 is 27.8. The Bertz CT molecular complexity index is 614. The highest BCUT2D eigenvalue weighted by atomic mass is 32.2. The van der Waals surface area contributed by atoms with Gasteiger partial charge in [0.15, 0.2) is 0 Å². The predicted octanol–water partition coefficient (Wildman–Crippen LogP) is 4.41. The van der Waals surface area contributed by atoms with Gasteiger partial charge in [0.05, 0.1) is 17.1 Å². The zero-order valence-electron chi connectivity index (χ0n) is 15.2. The Morgan fingerprint density at radius 1 is 0.960 bits per heavy atom. The maximum Gasteiger partial charge on any atom is 0.338 e. The number of sulfonamides is 1. The van der Waals surface area contributed by atoms with Gasteiger partial charge in [0.1, 0.15) is 0 Å². The molecule has 0 saturated carbocycles. The number of ether oxygens (including phenoxy) is 1. The van der Waals surface area contributed by atoms with Crippen LogP contribution in [0.4, 0.5) is 0 Å². The molecule has 0 bridgehead atoms. The molecule has 0 spiro atoms. The lowest BCUT2D eigenvalue weighted by Crippen LogP contribution is -2.13. The van der Waals surface area contributed by atoms with Gasteiger partial charge in [-0.2, -0.15) is 0 Å². The van der Waals surface area contributed by atoms with Gasteiger partial charge >= 0.3 is 5.97 Å². The van der Waals surface area contributed by atoms with Crippen LogP contribution in [0.25, 0.3) is 0 Å². The molecule has 0 unspecified atom stereocenters. The van der Waals surface area contributed by atoms with Crippen LogP contribution < -0.4 is 5.14 Å². The Kier molecular flexibility index (Phi) is 10.4. The number of nitrogens with two attached hydrogens (primary N) is 1. The molecule has 0 aliphatic carbocycles. The van der Waals surface area contributed by atoms with Crippen LogP contribution in [0.15, 0.2) is 29.2 Å². The minimum atomic E-state index is -3.81. The molecule has 1 aromatic rings. The van der Waals surface area contributed by atoms with Crippen molar-refractivity contribution in [1.29, 1.82) is 0 Å². The summed E-state index contributed by atoms with van der Waals surface area (Å²) in [5.74, 6) is -0.513. The van der Waals surface area contributed by atoms with Gasteiger partial charge in [-0.1, -0.05) is 70.8 Å². The normalized spacial score (nSPS) is 11.4. The van der Waals surface area contributed by atoms with Gasteiger partial charge in [-0.05, 0) is 24.6 Å². The van der Waals surface area contributed by atoms with Crippen LogP contribution in [-0.4, -0.2) is 21.0 Å². The van der Waals surface area contributed by atoms with E-state index in [9.17, 15) is 13.2 Å². The second-order valence-electron chi connectivity index (χ2n) is 6.39. The molecular weight excluding hydrogens is 338 g/mol. The van der Waals surface area contributed by atoms with Gasteiger partial charge in [0, 0.05) is 0 Å². The number of hydrogen-bond donors (Lipinski definition) is 1. The summed E-state index contributed by atoms with van der Waals surface area (Å²) in [6.45, 7) is 2.58. The number of carbonyl (C=O) groups is 1. The fourth-order valence-electron chi connectivity index (χ4n) is 2.64. The molecule has 5 nitrogen and oxygen atoms in total. The summed E-state index contributed by atoms with van der Waals surface area (Å²) in [7, 11) is -3.81. The Balaban J connectivity index is 2.13. The molecule has 1 rings (SSSR count). The Hall–Kier alpha value is -1.40. The third kappa shape index (κ3) is 9.60. The number of benzene rings is 1. The van der Waals surface area contributed by atoms with Crippen molar-refractivity contribution in [3.05, 3.63) is 29.8 Å². The van der Waals surface area contributed by atoms with Crippen LogP contribution in [0.2, 0.25) is 0 Å². The van der Waals surface area contributed by atoms with E-state index in [1.807, 2.05) is 0 Å². The molecule has 0 aliphatic heterocycles. The van der Waals surface area contributed by atoms with Crippen molar-refractivity contribution in [2.75, 3.05) is 6.61 Å². The molecule has 0 atom stereocenters. The van der Waals surface area contributed by atoms with Gasteiger partial charge < -0.3 is 4.74 Å². The molecule has 6 heteroatoms. The van der Waals surface area contributed by atoms with E-state index in [1.54, 1.807) is 0 Å². The topological polar surface area (TPSA) is 86.5 Å². The number of unbranched alkanes of at least 4 members (excludes halogenated alkanes) is 9. The summed E-state index contributed by atoms with van der Waals surface area (Å²) in [5.41, 5.74) is 0.207. The maximum absolute atomic E-state index is 11.9. The van der Waals surface area contributed by atoms with Gasteiger partial charge in [-0.3, -0.25) is 0 Å². The molecule has 142 valence electrons. The summed E-state index contributed by atoms with van der Waals surface area (Å²) in [6, 6.07) is 5.61. The number of hydrogen-bond acceptors (Lipinski definition) is 4. The summed E-state index contributed by atoms with van der Waals surface area (Å²) >= 11 is 0. The maximum atomic E-state index is 11.9. The highest BCUT2D eigenvalue weighted by molar-refractivity contribution is 7.89. The molecule has 1 aromatic carbocycles. The minimum absolute atomic E-state index is 0.0825. The molecule has 0 saturated heterocycles. The first-order valence-electron chi connectivity index (χ1n) is 9.25. The van der Waals surface area contributed by atoms with Gasteiger partial charge in [0.2, 0.25) is 10.0 Å². The fraction of sp³-hybridized carbons (Fsp3) is 0.632. The predicted molar refractivity (Wildman–Crippen MR) is 99.9 cm³/mol. The zero-order valence-corrected chi connectivity index (χ0v) is 16.0. The van der Waals surface area contributed by atoms with Gasteiger partial charge in [0.25, 0.3) is 0 Å². The fourth-order valence-corrected chi connectivity index (χ4v) is 3.20. The van der Waals surface area contributed by atoms with Crippen molar-refractivity contribution >= 4 is 16.0 Å². The van der Waals surface area contributed by atoms with Crippen molar-refractivity contribution < 1.29 is 17.9 Å². The van der Waals surface area contributed by atoms with E-state index in [-0.39, 0.29) is 10.5 Å². The van der Waals surface area contributed by atoms with Crippen molar-refractivity contribution in [3.63, 3.8) is 0 Å². The molecule has 0 amide bonds. The number of esters is 1. The van der Waals surface area contributed by atoms with Crippen LogP contribution >= 0.6 is 0 Å². The highest BCUT2D eigenvalue weighted by Gasteiger charge is 2.12. The third-order valence-corrected chi connectivity index (χ3v) is 5.04. The Morgan fingerprint density at radius 3 is 2.08 bits per heavy atom. The lowest BCUT2D eigenvalue weighted by Gasteiger charge is -2.06. The van der Waals surface area contributed by atoms with Gasteiger partial charge in [-0.15, -0.1) is 0 Å². The molecular formula is C19H31NO4S. The SMILES string of the molecule is CCCCCCCCCCCCOC(=O)c1cccc(S(N)(=O)=O)c1. The average molecular weight is 370 g/mol. The van der Waals surface area contributed by atoms with E-state index in [1.165, 1.54) is 69.2 Å². The standard InChI is InChI=1S/C19H31NO4S/c1-2-3-4-5-6-7-8-9-10-11-15-24-19(21)17-13-12-14-18(16-17)25(20,22)23/h12-14,16H,2-11,15H2,1H3,(H2,20,22,23). The van der Waals surface area contributed by atoms with Crippen molar-refractivity contribution in [2.24, 2.45) is 5.14 Å². The molecule has 0 fully saturated rings. The second kappa shape index (κ2) is 12.0. The summed E-state index contributed by atoms with van der Waals surface area (Å²) in [6.07, 6.45) is 12.2. The van der Waals surface area contributed by atoms with Crippen LogP contribution in [0.1, 0.15) is 81.5 Å². The average Bonchev–Trinajstić information content (AvgIpc) is 2.59. The van der Waals surface area contributed by atoms with Crippen LogP contribution in [0.5, 0.6) is 0 Å². The third-order valence-electron chi connectivity index (χ3n) is 4.13. The monoisotopic (exact) mass is 369 g/mol. The second-order valence-corrected chi connectivity index (χ2v) is 7.95. The van der Waals surface area contributed by atoms with E-state index in [2.05, 4.69) is 6.92 Å².